The number of hydrogen-bond acceptors (Lipinski definition) is 3. The number of carboxylic acids is 1. The van der Waals surface area contributed by atoms with Gasteiger partial charge in [0.2, 0.25) is 0 Å². The number of rotatable bonds is 5. The molecule has 5 atom stereocenters. The summed E-state index contributed by atoms with van der Waals surface area (Å²) in [7, 11) is 0. The van der Waals surface area contributed by atoms with E-state index >= 15 is 0 Å². The largest absolute Gasteiger partial charge is 0.481 e. The van der Waals surface area contributed by atoms with Gasteiger partial charge >= 0.3 is 5.97 Å². The van der Waals surface area contributed by atoms with Crippen molar-refractivity contribution in [3.05, 3.63) is 35.9 Å². The second kappa shape index (κ2) is 5.54. The lowest BCUT2D eigenvalue weighted by Crippen LogP contribution is -2.45. The molecule has 4 heteroatoms. The third-order valence-corrected chi connectivity index (χ3v) is 4.93. The second-order valence-electron chi connectivity index (χ2n) is 6.06. The highest BCUT2D eigenvalue weighted by Gasteiger charge is 2.50. The van der Waals surface area contributed by atoms with E-state index in [2.05, 4.69) is 5.32 Å². The van der Waals surface area contributed by atoms with E-state index in [1.807, 2.05) is 30.3 Å². The van der Waals surface area contributed by atoms with Crippen molar-refractivity contribution in [2.45, 2.75) is 31.4 Å². The van der Waals surface area contributed by atoms with Gasteiger partial charge < -0.3 is 15.5 Å². The van der Waals surface area contributed by atoms with Crippen molar-refractivity contribution in [3.63, 3.8) is 0 Å². The van der Waals surface area contributed by atoms with Gasteiger partial charge in [0.1, 0.15) is 0 Å². The van der Waals surface area contributed by atoms with E-state index in [1.54, 1.807) is 0 Å². The number of hydrogen-bond donors (Lipinski definition) is 3. The highest BCUT2D eigenvalue weighted by Crippen LogP contribution is 2.48. The van der Waals surface area contributed by atoms with Crippen LogP contribution in [0.2, 0.25) is 0 Å². The molecule has 0 aliphatic heterocycles. The monoisotopic (exact) mass is 275 g/mol. The van der Waals surface area contributed by atoms with Crippen molar-refractivity contribution in [2.75, 3.05) is 6.54 Å². The topological polar surface area (TPSA) is 69.6 Å². The highest BCUT2D eigenvalue weighted by atomic mass is 16.4. The van der Waals surface area contributed by atoms with Crippen LogP contribution >= 0.6 is 0 Å². The van der Waals surface area contributed by atoms with Gasteiger partial charge in [-0.3, -0.25) is 4.79 Å². The summed E-state index contributed by atoms with van der Waals surface area (Å²) in [6.45, 7) is 0.418. The lowest BCUT2D eigenvalue weighted by molar-refractivity contribution is -0.144. The standard InChI is InChI=1S/C16H21NO3/c18-13(10-4-2-1-3-5-10)9-17-15-12-7-6-11(8-12)14(15)16(19)20/h1-5,11-15,17-18H,6-9H2,(H,19,20). The summed E-state index contributed by atoms with van der Waals surface area (Å²) >= 11 is 0. The summed E-state index contributed by atoms with van der Waals surface area (Å²) in [5, 5.41) is 22.9. The van der Waals surface area contributed by atoms with E-state index in [4.69, 9.17) is 0 Å². The first-order valence-electron chi connectivity index (χ1n) is 7.36. The Kier molecular flexibility index (Phi) is 3.76. The first-order valence-corrected chi connectivity index (χ1v) is 7.36. The number of aliphatic hydroxyl groups is 1. The number of aliphatic hydroxyl groups excluding tert-OH is 1. The molecule has 2 aliphatic carbocycles. The number of nitrogens with one attached hydrogen (secondary N) is 1. The number of aliphatic carboxylic acids is 1. The minimum absolute atomic E-state index is 0.0182. The third-order valence-electron chi connectivity index (χ3n) is 4.93. The molecule has 0 aromatic heterocycles. The van der Waals surface area contributed by atoms with Gasteiger partial charge in [-0.25, -0.2) is 0 Å². The summed E-state index contributed by atoms with van der Waals surface area (Å²) in [6.07, 6.45) is 2.61. The molecule has 1 aromatic carbocycles. The maximum absolute atomic E-state index is 11.4. The van der Waals surface area contributed by atoms with E-state index < -0.39 is 12.1 Å². The molecule has 20 heavy (non-hydrogen) atoms. The fraction of sp³-hybridized carbons (Fsp3) is 0.562. The van der Waals surface area contributed by atoms with Crippen LogP contribution in [0.25, 0.3) is 0 Å². The Labute approximate surface area is 118 Å². The van der Waals surface area contributed by atoms with Gasteiger partial charge in [-0.1, -0.05) is 30.3 Å². The summed E-state index contributed by atoms with van der Waals surface area (Å²) in [4.78, 5) is 11.4. The number of benzene rings is 1. The van der Waals surface area contributed by atoms with E-state index in [-0.39, 0.29) is 12.0 Å². The van der Waals surface area contributed by atoms with Crippen molar-refractivity contribution in [2.24, 2.45) is 17.8 Å². The van der Waals surface area contributed by atoms with Crippen molar-refractivity contribution in [3.8, 4) is 0 Å². The van der Waals surface area contributed by atoms with Gasteiger partial charge in [0.25, 0.3) is 0 Å². The van der Waals surface area contributed by atoms with Crippen molar-refractivity contribution >= 4 is 5.97 Å². The van der Waals surface area contributed by atoms with Crippen molar-refractivity contribution in [1.29, 1.82) is 0 Å². The SMILES string of the molecule is O=C(O)C1C2CCC(C2)C1NCC(O)c1ccccc1. The number of carboxylic acid groups (broad SMARTS) is 1. The Morgan fingerprint density at radius 2 is 1.95 bits per heavy atom. The van der Waals surface area contributed by atoms with E-state index in [9.17, 15) is 15.0 Å². The van der Waals surface area contributed by atoms with Crippen LogP contribution in [0.3, 0.4) is 0 Å². The van der Waals surface area contributed by atoms with Gasteiger partial charge in [-0.05, 0) is 36.7 Å². The predicted molar refractivity (Wildman–Crippen MR) is 75.1 cm³/mol. The normalized spacial score (nSPS) is 33.2. The van der Waals surface area contributed by atoms with Gasteiger partial charge in [0, 0.05) is 12.6 Å². The van der Waals surface area contributed by atoms with Crippen LogP contribution in [0.1, 0.15) is 30.9 Å². The molecule has 0 amide bonds. The van der Waals surface area contributed by atoms with Crippen LogP contribution in [-0.2, 0) is 4.79 Å². The fourth-order valence-electron chi connectivity index (χ4n) is 3.98. The van der Waals surface area contributed by atoms with Crippen LogP contribution in [-0.4, -0.2) is 28.8 Å². The zero-order valence-corrected chi connectivity index (χ0v) is 11.4. The Balaban J connectivity index is 1.62. The van der Waals surface area contributed by atoms with E-state index in [1.165, 1.54) is 0 Å². The predicted octanol–water partition coefficient (Wildman–Crippen LogP) is 1.81. The molecule has 5 unspecified atom stereocenters. The number of fused-ring (bicyclic) bond motifs is 2. The minimum atomic E-state index is -0.691. The Morgan fingerprint density at radius 3 is 2.65 bits per heavy atom. The molecule has 0 spiro atoms. The Morgan fingerprint density at radius 1 is 1.25 bits per heavy atom. The lowest BCUT2D eigenvalue weighted by atomic mass is 9.84. The molecule has 0 radical (unpaired) electrons. The molecular formula is C16H21NO3. The number of carbonyl (C=O) groups is 1. The van der Waals surface area contributed by atoms with Crippen LogP contribution < -0.4 is 5.32 Å². The first kappa shape index (κ1) is 13.6. The molecule has 0 heterocycles. The summed E-state index contributed by atoms with van der Waals surface area (Å²) in [5.41, 5.74) is 0.870. The van der Waals surface area contributed by atoms with Crippen LogP contribution in [0.15, 0.2) is 30.3 Å². The Bertz CT molecular complexity index is 476. The van der Waals surface area contributed by atoms with Crippen LogP contribution in [0.4, 0.5) is 0 Å². The maximum Gasteiger partial charge on any atom is 0.308 e. The average molecular weight is 275 g/mol. The molecule has 3 rings (SSSR count). The maximum atomic E-state index is 11.4. The molecule has 4 nitrogen and oxygen atoms in total. The second-order valence-corrected chi connectivity index (χ2v) is 6.06. The quantitative estimate of drug-likeness (QED) is 0.766. The third kappa shape index (κ3) is 2.45. The highest BCUT2D eigenvalue weighted by molar-refractivity contribution is 5.72. The van der Waals surface area contributed by atoms with Gasteiger partial charge in [-0.2, -0.15) is 0 Å². The van der Waals surface area contributed by atoms with E-state index in [0.717, 1.165) is 24.8 Å². The smallest absolute Gasteiger partial charge is 0.308 e. The van der Waals surface area contributed by atoms with Gasteiger partial charge in [0.05, 0.1) is 12.0 Å². The molecule has 2 aliphatic rings. The molecule has 2 saturated carbocycles. The summed E-state index contributed by atoms with van der Waals surface area (Å²) in [6, 6.07) is 9.51. The Hall–Kier alpha value is -1.39. The minimum Gasteiger partial charge on any atom is -0.481 e. The lowest BCUT2D eigenvalue weighted by Gasteiger charge is -2.29. The zero-order valence-electron chi connectivity index (χ0n) is 11.4. The van der Waals surface area contributed by atoms with E-state index in [0.29, 0.717) is 18.4 Å². The van der Waals surface area contributed by atoms with Gasteiger partial charge in [0.15, 0.2) is 0 Å². The fourth-order valence-corrected chi connectivity index (χ4v) is 3.98. The van der Waals surface area contributed by atoms with Gasteiger partial charge in [-0.15, -0.1) is 0 Å². The molecular weight excluding hydrogens is 254 g/mol. The summed E-state index contributed by atoms with van der Waals surface area (Å²) in [5.74, 6) is -0.187. The van der Waals surface area contributed by atoms with Crippen molar-refractivity contribution < 1.29 is 15.0 Å². The molecule has 2 bridgehead atoms. The van der Waals surface area contributed by atoms with Crippen LogP contribution in [0.5, 0.6) is 0 Å². The first-order chi connectivity index (χ1) is 9.66. The van der Waals surface area contributed by atoms with Crippen LogP contribution in [0, 0.1) is 17.8 Å². The molecule has 2 fully saturated rings. The summed E-state index contributed by atoms with van der Waals surface area (Å²) < 4.78 is 0. The molecule has 108 valence electrons. The average Bonchev–Trinajstić information content (AvgIpc) is 3.06. The molecule has 1 aromatic rings. The molecule has 3 N–H and O–H groups in total. The zero-order chi connectivity index (χ0) is 14.1. The van der Waals surface area contributed by atoms with Crippen molar-refractivity contribution in [1.82, 2.24) is 5.32 Å². The molecule has 0 saturated heterocycles.